The van der Waals surface area contributed by atoms with Gasteiger partial charge in [0.15, 0.2) is 5.82 Å². The van der Waals surface area contributed by atoms with Crippen LogP contribution in [0.1, 0.15) is 6.92 Å². The normalized spacial score (nSPS) is 13.5. The van der Waals surface area contributed by atoms with E-state index >= 15 is 0 Å². The average Bonchev–Trinajstić information content (AvgIpc) is 2.31. The molecule has 1 aromatic carbocycles. The van der Waals surface area contributed by atoms with Gasteiger partial charge in [-0.2, -0.15) is 11.8 Å². The van der Waals surface area contributed by atoms with E-state index in [2.05, 4.69) is 20.7 Å². The predicted molar refractivity (Wildman–Crippen MR) is 81.2 cm³/mol. The van der Waals surface area contributed by atoms with Crippen molar-refractivity contribution in [3.05, 3.63) is 22.4 Å². The summed E-state index contributed by atoms with van der Waals surface area (Å²) in [6.07, 6.45) is 1.94. The van der Waals surface area contributed by atoms with Crippen molar-refractivity contribution in [2.75, 3.05) is 24.3 Å². The molecule has 1 rings (SSSR count). The maximum absolute atomic E-state index is 13.8. The van der Waals surface area contributed by atoms with Gasteiger partial charge in [0.1, 0.15) is 4.90 Å². The molecule has 0 spiro atoms. The third kappa shape index (κ3) is 4.62. The first-order valence-corrected chi connectivity index (χ1v) is 9.18. The van der Waals surface area contributed by atoms with Gasteiger partial charge in [-0.1, -0.05) is 6.92 Å². The number of thioether (sulfide) groups is 1. The molecular weight excluding hydrogens is 355 g/mol. The van der Waals surface area contributed by atoms with Crippen LogP contribution in [0.2, 0.25) is 0 Å². The van der Waals surface area contributed by atoms with Crippen molar-refractivity contribution < 1.29 is 12.8 Å². The number of nitrogens with two attached hydrogens (primary N) is 1. The Morgan fingerprint density at radius 1 is 1.53 bits per heavy atom. The topological polar surface area (TPSA) is 72.2 Å². The van der Waals surface area contributed by atoms with Gasteiger partial charge in [-0.05, 0) is 46.0 Å². The standard InChI is InChI=1S/C11H16BrFN2O2S2/c1-7(6-18-2)5-15-19(16,17)10-4-8(14)3-9(12)11(10)13/h3-4,7,15H,5-6,14H2,1-2H3. The van der Waals surface area contributed by atoms with Gasteiger partial charge in [0.2, 0.25) is 10.0 Å². The van der Waals surface area contributed by atoms with Gasteiger partial charge in [-0.3, -0.25) is 0 Å². The number of halogens is 2. The van der Waals surface area contributed by atoms with Crippen molar-refractivity contribution in [3.8, 4) is 0 Å². The second-order valence-corrected chi connectivity index (χ2v) is 7.73. The Hall–Kier alpha value is -0.310. The number of rotatable bonds is 6. The van der Waals surface area contributed by atoms with Crippen LogP contribution in [0.3, 0.4) is 0 Å². The maximum Gasteiger partial charge on any atom is 0.243 e. The Morgan fingerprint density at radius 3 is 2.74 bits per heavy atom. The van der Waals surface area contributed by atoms with Gasteiger partial charge in [-0.15, -0.1) is 0 Å². The van der Waals surface area contributed by atoms with Crippen LogP contribution in [-0.4, -0.2) is 27.0 Å². The molecule has 19 heavy (non-hydrogen) atoms. The zero-order chi connectivity index (χ0) is 14.6. The van der Waals surface area contributed by atoms with Gasteiger partial charge in [0, 0.05) is 12.2 Å². The smallest absolute Gasteiger partial charge is 0.243 e. The molecule has 0 radical (unpaired) electrons. The second kappa shape index (κ2) is 6.92. The number of nitrogen functional groups attached to an aromatic ring is 1. The van der Waals surface area contributed by atoms with Gasteiger partial charge < -0.3 is 5.73 Å². The fraction of sp³-hybridized carbons (Fsp3) is 0.455. The lowest BCUT2D eigenvalue weighted by atomic mass is 10.2. The van der Waals surface area contributed by atoms with Crippen LogP contribution in [0.25, 0.3) is 0 Å². The molecule has 3 N–H and O–H groups in total. The molecule has 0 bridgehead atoms. The van der Waals surface area contributed by atoms with Crippen molar-refractivity contribution in [2.24, 2.45) is 5.92 Å². The number of benzene rings is 1. The summed E-state index contributed by atoms with van der Waals surface area (Å²) >= 11 is 4.57. The monoisotopic (exact) mass is 370 g/mol. The zero-order valence-corrected chi connectivity index (χ0v) is 13.8. The Morgan fingerprint density at radius 2 is 2.16 bits per heavy atom. The maximum atomic E-state index is 13.8. The Bertz CT molecular complexity index is 552. The molecule has 0 saturated heterocycles. The van der Waals surface area contributed by atoms with E-state index in [9.17, 15) is 12.8 Å². The molecule has 0 aliphatic heterocycles. The Balaban J connectivity index is 2.95. The number of hydrogen-bond donors (Lipinski definition) is 2. The van der Waals surface area contributed by atoms with E-state index in [0.29, 0.717) is 0 Å². The minimum atomic E-state index is -3.89. The second-order valence-electron chi connectivity index (χ2n) is 4.23. The van der Waals surface area contributed by atoms with E-state index < -0.39 is 20.7 Å². The molecule has 108 valence electrons. The lowest BCUT2D eigenvalue weighted by Gasteiger charge is -2.13. The van der Waals surface area contributed by atoms with Crippen LogP contribution in [-0.2, 0) is 10.0 Å². The molecule has 4 nitrogen and oxygen atoms in total. The summed E-state index contributed by atoms with van der Waals surface area (Å²) in [5, 5.41) is 0. The summed E-state index contributed by atoms with van der Waals surface area (Å²) in [5.74, 6) is 0.155. The number of anilines is 1. The van der Waals surface area contributed by atoms with Crippen LogP contribution in [0.5, 0.6) is 0 Å². The van der Waals surface area contributed by atoms with E-state index in [4.69, 9.17) is 5.73 Å². The largest absolute Gasteiger partial charge is 0.399 e. The van der Waals surface area contributed by atoms with Crippen LogP contribution in [0, 0.1) is 11.7 Å². The third-order valence-electron chi connectivity index (χ3n) is 2.38. The molecule has 0 aliphatic carbocycles. The minimum Gasteiger partial charge on any atom is -0.399 e. The molecule has 8 heteroatoms. The highest BCUT2D eigenvalue weighted by molar-refractivity contribution is 9.10. The van der Waals surface area contributed by atoms with Crippen molar-refractivity contribution in [1.29, 1.82) is 0 Å². The first kappa shape index (κ1) is 16.7. The lowest BCUT2D eigenvalue weighted by molar-refractivity contribution is 0.543. The molecular formula is C11H16BrFN2O2S2. The molecule has 0 aromatic heterocycles. The zero-order valence-electron chi connectivity index (χ0n) is 10.6. The van der Waals surface area contributed by atoms with Gasteiger partial charge in [0.25, 0.3) is 0 Å². The highest BCUT2D eigenvalue weighted by atomic mass is 79.9. The quantitative estimate of drug-likeness (QED) is 0.754. The van der Waals surface area contributed by atoms with Crippen molar-refractivity contribution in [3.63, 3.8) is 0 Å². The third-order valence-corrected chi connectivity index (χ3v) is 5.28. The molecule has 0 amide bonds. The van der Waals surface area contributed by atoms with Gasteiger partial charge in [0.05, 0.1) is 4.47 Å². The van der Waals surface area contributed by atoms with E-state index in [1.165, 1.54) is 6.07 Å². The summed E-state index contributed by atoms with van der Waals surface area (Å²) in [4.78, 5) is -0.435. The van der Waals surface area contributed by atoms with Gasteiger partial charge >= 0.3 is 0 Å². The van der Waals surface area contributed by atoms with Crippen molar-refractivity contribution >= 4 is 43.4 Å². The van der Waals surface area contributed by atoms with Crippen molar-refractivity contribution in [1.82, 2.24) is 4.72 Å². The van der Waals surface area contributed by atoms with E-state index in [0.717, 1.165) is 11.8 Å². The summed E-state index contributed by atoms with van der Waals surface area (Å²) < 4.78 is 40.3. The number of sulfonamides is 1. The first-order valence-electron chi connectivity index (χ1n) is 5.51. The summed E-state index contributed by atoms with van der Waals surface area (Å²) in [5.41, 5.74) is 5.72. The predicted octanol–water partition coefficient (Wildman–Crippen LogP) is 2.45. The van der Waals surface area contributed by atoms with E-state index in [1.54, 1.807) is 11.8 Å². The molecule has 1 aromatic rings. The SMILES string of the molecule is CSCC(C)CNS(=O)(=O)c1cc(N)cc(Br)c1F. The summed E-state index contributed by atoms with van der Waals surface area (Å²) in [6.45, 7) is 2.18. The Kier molecular flexibility index (Phi) is 6.10. The molecule has 0 aliphatic rings. The average molecular weight is 371 g/mol. The fourth-order valence-corrected chi connectivity index (χ4v) is 4.05. The number of hydrogen-bond acceptors (Lipinski definition) is 4. The fourth-order valence-electron chi connectivity index (χ4n) is 1.45. The van der Waals surface area contributed by atoms with E-state index in [1.807, 2.05) is 13.2 Å². The highest BCUT2D eigenvalue weighted by Gasteiger charge is 2.22. The van der Waals surface area contributed by atoms with Crippen LogP contribution in [0.15, 0.2) is 21.5 Å². The molecule has 1 unspecified atom stereocenters. The molecule has 0 heterocycles. The lowest BCUT2D eigenvalue weighted by Crippen LogP contribution is -2.30. The minimum absolute atomic E-state index is 0.0324. The molecule has 0 fully saturated rings. The van der Waals surface area contributed by atoms with Crippen LogP contribution in [0.4, 0.5) is 10.1 Å². The first-order chi connectivity index (χ1) is 8.77. The molecule has 1 atom stereocenters. The van der Waals surface area contributed by atoms with Crippen LogP contribution < -0.4 is 10.5 Å². The Labute approximate surface area is 125 Å². The van der Waals surface area contributed by atoms with Crippen molar-refractivity contribution in [2.45, 2.75) is 11.8 Å². The van der Waals surface area contributed by atoms with E-state index in [-0.39, 0.29) is 22.6 Å². The molecule has 0 saturated carbocycles. The van der Waals surface area contributed by atoms with Gasteiger partial charge in [-0.25, -0.2) is 17.5 Å². The summed E-state index contributed by atoms with van der Waals surface area (Å²) in [6, 6.07) is 2.44. The van der Waals surface area contributed by atoms with Crippen LogP contribution >= 0.6 is 27.7 Å². The number of nitrogens with one attached hydrogen (secondary N) is 1. The highest BCUT2D eigenvalue weighted by Crippen LogP contribution is 2.26. The summed E-state index contributed by atoms with van der Waals surface area (Å²) in [7, 11) is -3.89.